The Kier molecular flexibility index (Phi) is 3.17. The average molecular weight is 410 g/mol. The highest BCUT2D eigenvalue weighted by Crippen LogP contribution is 2.83. The van der Waals surface area contributed by atoms with Crippen molar-refractivity contribution in [3.05, 3.63) is 23.0 Å². The van der Waals surface area contributed by atoms with E-state index in [0.717, 1.165) is 31.3 Å². The van der Waals surface area contributed by atoms with Crippen LogP contribution < -0.4 is 0 Å². The highest BCUT2D eigenvalue weighted by molar-refractivity contribution is 5.72. The van der Waals surface area contributed by atoms with Crippen LogP contribution in [0.3, 0.4) is 0 Å². The minimum absolute atomic E-state index is 0.0283. The maximum absolute atomic E-state index is 13.3. The van der Waals surface area contributed by atoms with Crippen LogP contribution >= 0.6 is 0 Å². The van der Waals surface area contributed by atoms with E-state index in [4.69, 9.17) is 9.47 Å². The smallest absolute Gasteiger partial charge is 0.415 e. The summed E-state index contributed by atoms with van der Waals surface area (Å²) >= 11 is 0. The van der Waals surface area contributed by atoms with Gasteiger partial charge in [-0.2, -0.15) is 13.2 Å². The van der Waals surface area contributed by atoms with E-state index in [1.54, 1.807) is 6.92 Å². The zero-order valence-electron chi connectivity index (χ0n) is 16.5. The number of carbonyl (C=O) groups excluding carboxylic acids is 1. The van der Waals surface area contributed by atoms with Gasteiger partial charge in [-0.25, -0.2) is 4.79 Å². The molecule has 0 amide bonds. The second kappa shape index (κ2) is 5.04. The van der Waals surface area contributed by atoms with Crippen LogP contribution in [0.2, 0.25) is 0 Å². The van der Waals surface area contributed by atoms with Gasteiger partial charge in [0, 0.05) is 11.8 Å². The third-order valence-corrected chi connectivity index (χ3v) is 9.33. The van der Waals surface area contributed by atoms with E-state index >= 15 is 0 Å². The fourth-order valence-electron chi connectivity index (χ4n) is 7.54. The molecule has 6 aliphatic carbocycles. The van der Waals surface area contributed by atoms with E-state index in [9.17, 15) is 23.1 Å². The first-order chi connectivity index (χ1) is 13.5. The number of allylic oxidation sites excluding steroid dienone is 1. The highest BCUT2D eigenvalue weighted by Gasteiger charge is 2.79. The zero-order chi connectivity index (χ0) is 20.6. The number of fused-ring (bicyclic) bond motifs is 2. The molecule has 4 nitrogen and oxygen atoms in total. The van der Waals surface area contributed by atoms with Gasteiger partial charge < -0.3 is 14.6 Å². The maximum atomic E-state index is 13.3. The van der Waals surface area contributed by atoms with Gasteiger partial charge in [0.1, 0.15) is 17.0 Å². The Morgan fingerprint density at radius 3 is 2.69 bits per heavy atom. The molecule has 5 saturated carbocycles. The number of esters is 1. The van der Waals surface area contributed by atoms with Gasteiger partial charge in [0.05, 0.1) is 5.57 Å². The summed E-state index contributed by atoms with van der Waals surface area (Å²) in [4.78, 5) is 12.6. The van der Waals surface area contributed by atoms with E-state index in [-0.39, 0.29) is 12.2 Å². The predicted octanol–water partition coefficient (Wildman–Crippen LogP) is 3.90. The molecular formula is C22H25F3O4. The van der Waals surface area contributed by atoms with Gasteiger partial charge in [-0.05, 0) is 80.8 Å². The first kappa shape index (κ1) is 18.3. The summed E-state index contributed by atoms with van der Waals surface area (Å²) in [5.41, 5.74) is -2.20. The first-order valence-electron chi connectivity index (χ1n) is 10.6. The molecular weight excluding hydrogens is 385 g/mol. The number of hydrogen-bond acceptors (Lipinski definition) is 4. The fourth-order valence-corrected chi connectivity index (χ4v) is 7.54. The topological polar surface area (TPSA) is 55.8 Å². The molecule has 158 valence electrons. The van der Waals surface area contributed by atoms with Crippen molar-refractivity contribution >= 4 is 5.97 Å². The summed E-state index contributed by atoms with van der Waals surface area (Å²) in [5, 5.41) is 10.2. The second-order valence-corrected chi connectivity index (χ2v) is 10.5. The molecule has 5 fully saturated rings. The molecule has 0 aliphatic heterocycles. The van der Waals surface area contributed by atoms with Gasteiger partial charge in [0.2, 0.25) is 0 Å². The lowest BCUT2D eigenvalue weighted by Crippen LogP contribution is -2.48. The van der Waals surface area contributed by atoms with Crippen LogP contribution in [0.1, 0.15) is 46.0 Å². The van der Waals surface area contributed by atoms with E-state index in [0.29, 0.717) is 28.7 Å². The zero-order valence-corrected chi connectivity index (χ0v) is 16.5. The van der Waals surface area contributed by atoms with Crippen LogP contribution in [0.5, 0.6) is 0 Å². The van der Waals surface area contributed by atoms with Gasteiger partial charge in [-0.1, -0.05) is 0 Å². The van der Waals surface area contributed by atoms with E-state index in [2.05, 4.69) is 0 Å². The van der Waals surface area contributed by atoms with Crippen molar-refractivity contribution < 1.29 is 32.5 Å². The lowest BCUT2D eigenvalue weighted by molar-refractivity contribution is -0.176. The quantitative estimate of drug-likeness (QED) is 0.715. The van der Waals surface area contributed by atoms with Crippen molar-refractivity contribution in [1.29, 1.82) is 0 Å². The fraction of sp³-hybridized carbons (Fsp3) is 0.773. The van der Waals surface area contributed by atoms with E-state index in [1.807, 2.05) is 6.92 Å². The van der Waals surface area contributed by atoms with Crippen LogP contribution in [0.15, 0.2) is 23.0 Å². The standard InChI is InChI=1S/C22H25F3O4/c1-10-14-8-21(14,27)17(22(23,24)25)5-16(10)28-9-18(26)29-19(2)11-3-12-6-20(12)7-15(19)13(20)4-11/h5,11-15,27H,3-4,6-9H2,1-2H3. The predicted molar refractivity (Wildman–Crippen MR) is 95.2 cm³/mol. The Hall–Kier alpha value is -1.50. The SMILES string of the molecule is CC1=C(OCC(=O)OC2(C)C3CC4CC45CC2C5C3)C=C(C(F)(F)F)C2(O)CC12. The molecule has 0 aromatic heterocycles. The Balaban J connectivity index is 1.14. The number of aliphatic hydroxyl groups is 1. The van der Waals surface area contributed by atoms with Gasteiger partial charge >= 0.3 is 12.1 Å². The summed E-state index contributed by atoms with van der Waals surface area (Å²) in [6.45, 7) is 3.27. The third kappa shape index (κ3) is 2.18. The van der Waals surface area contributed by atoms with Gasteiger partial charge in [-0.15, -0.1) is 0 Å². The number of ether oxygens (including phenoxy) is 2. The Bertz CT molecular complexity index is 882. The molecule has 0 aromatic rings. The Labute approximate surface area is 167 Å². The van der Waals surface area contributed by atoms with Gasteiger partial charge in [-0.3, -0.25) is 0 Å². The summed E-state index contributed by atoms with van der Waals surface area (Å²) in [7, 11) is 0. The van der Waals surface area contributed by atoms with Crippen LogP contribution in [-0.4, -0.2) is 35.1 Å². The van der Waals surface area contributed by atoms with E-state index in [1.165, 1.54) is 6.42 Å². The lowest BCUT2D eigenvalue weighted by atomic mass is 9.60. The molecule has 1 N–H and O–H groups in total. The Morgan fingerprint density at radius 1 is 1.21 bits per heavy atom. The van der Waals surface area contributed by atoms with Crippen LogP contribution in [0.25, 0.3) is 0 Å². The summed E-state index contributed by atoms with van der Waals surface area (Å²) in [6, 6.07) is 0. The summed E-state index contributed by atoms with van der Waals surface area (Å²) in [6.07, 6.45) is 0.994. The van der Waals surface area contributed by atoms with Gasteiger partial charge in [0.15, 0.2) is 6.61 Å². The minimum Gasteiger partial charge on any atom is -0.482 e. The molecule has 0 heterocycles. The lowest BCUT2D eigenvalue weighted by Gasteiger charge is -2.47. The molecule has 29 heavy (non-hydrogen) atoms. The van der Waals surface area contributed by atoms with Crippen molar-refractivity contribution in [1.82, 2.24) is 0 Å². The maximum Gasteiger partial charge on any atom is 0.415 e. The van der Waals surface area contributed by atoms with Crippen molar-refractivity contribution in [3.8, 4) is 0 Å². The van der Waals surface area contributed by atoms with E-state index < -0.39 is 41.4 Å². The number of carbonyl (C=O) groups is 1. The van der Waals surface area contributed by atoms with Crippen LogP contribution in [0, 0.1) is 35.0 Å². The largest absolute Gasteiger partial charge is 0.482 e. The third-order valence-electron chi connectivity index (χ3n) is 9.33. The molecule has 6 aliphatic rings. The summed E-state index contributed by atoms with van der Waals surface area (Å²) in [5.74, 6) is 1.20. The van der Waals surface area contributed by atoms with Crippen LogP contribution in [0.4, 0.5) is 13.2 Å². The van der Waals surface area contributed by atoms with Crippen LogP contribution in [-0.2, 0) is 14.3 Å². The Morgan fingerprint density at radius 2 is 1.97 bits per heavy atom. The molecule has 8 atom stereocenters. The number of halogens is 3. The van der Waals surface area contributed by atoms with Crippen molar-refractivity contribution in [2.75, 3.05) is 6.61 Å². The molecule has 0 saturated heterocycles. The number of rotatable bonds is 4. The molecule has 1 spiro atoms. The molecule has 0 aromatic carbocycles. The number of alkyl halides is 3. The molecule has 2 bridgehead atoms. The highest BCUT2D eigenvalue weighted by atomic mass is 19.4. The average Bonchev–Trinajstić information content (AvgIpc) is 3.47. The molecule has 6 rings (SSSR count). The summed E-state index contributed by atoms with van der Waals surface area (Å²) < 4.78 is 51.3. The monoisotopic (exact) mass is 410 g/mol. The number of hydrogen-bond donors (Lipinski definition) is 1. The molecule has 0 radical (unpaired) electrons. The van der Waals surface area contributed by atoms with Crippen molar-refractivity contribution in [2.45, 2.75) is 63.3 Å². The van der Waals surface area contributed by atoms with Crippen molar-refractivity contribution in [2.24, 2.45) is 35.0 Å². The second-order valence-electron chi connectivity index (χ2n) is 10.5. The van der Waals surface area contributed by atoms with Crippen molar-refractivity contribution in [3.63, 3.8) is 0 Å². The molecule has 7 heteroatoms. The first-order valence-corrected chi connectivity index (χ1v) is 10.6. The van der Waals surface area contributed by atoms with Gasteiger partial charge in [0.25, 0.3) is 0 Å². The normalized spacial score (nSPS) is 50.8. The molecule has 8 unspecified atom stereocenters. The minimum atomic E-state index is -4.63.